The zero-order valence-electron chi connectivity index (χ0n) is 22.2. The minimum Gasteiger partial charge on any atom is -0.506 e. The lowest BCUT2D eigenvalue weighted by molar-refractivity contribution is -0.156. The zero-order valence-corrected chi connectivity index (χ0v) is 23.1. The molecule has 1 heterocycles. The number of fused-ring (bicyclic) bond motifs is 1. The molecular weight excluding hydrogens is 555 g/mol. The monoisotopic (exact) mass is 587 g/mol. The molecule has 3 aromatic carbocycles. The minimum absolute atomic E-state index is 0.168. The summed E-state index contributed by atoms with van der Waals surface area (Å²) >= 11 is 0. The Bertz CT molecular complexity index is 1510. The molecule has 7 nitrogen and oxygen atoms in total. The molecule has 1 saturated heterocycles. The lowest BCUT2D eigenvalue weighted by Gasteiger charge is -2.56. The number of rotatable bonds is 5. The highest BCUT2D eigenvalue weighted by atomic mass is 32.2. The van der Waals surface area contributed by atoms with Crippen LogP contribution in [0, 0.1) is 5.92 Å². The standard InChI is InChI=1S/C28H31N3O3S.C2HF3O/c32-27-18-22-19(16-25-21-10-6-7-13-28(21,22)14-15-29-25)17-26(27)30-23-11-4-5-12-24(23)31-35(33,34)20-8-2-1-3-9-20;3-2(4,5)1-6/h1-5,8-9,11-12,17-18,21,25,29-32H,6-7,10,13-16H2;1H/t21-,25+,28+;/m1./s1. The highest BCUT2D eigenvalue weighted by Gasteiger charge is 2.51. The van der Waals surface area contributed by atoms with Crippen molar-refractivity contribution >= 4 is 33.4 Å². The summed E-state index contributed by atoms with van der Waals surface area (Å²) in [6.45, 7) is 1.04. The maximum Gasteiger partial charge on any atom is 0.446 e. The van der Waals surface area contributed by atoms with Gasteiger partial charge in [-0.2, -0.15) is 13.2 Å². The third-order valence-corrected chi connectivity index (χ3v) is 9.77. The van der Waals surface area contributed by atoms with Gasteiger partial charge in [0.25, 0.3) is 10.0 Å². The van der Waals surface area contributed by atoms with Crippen LogP contribution in [0.15, 0.2) is 71.6 Å². The number of aromatic hydroxyl groups is 1. The van der Waals surface area contributed by atoms with E-state index in [4.69, 9.17) is 4.79 Å². The Balaban J connectivity index is 0.000000511. The number of nitrogens with one attached hydrogen (secondary N) is 3. The Labute approximate surface area is 237 Å². The summed E-state index contributed by atoms with van der Waals surface area (Å²) < 4.78 is 59.8. The molecule has 3 aliphatic rings. The van der Waals surface area contributed by atoms with Crippen molar-refractivity contribution in [2.75, 3.05) is 16.6 Å². The Hall–Kier alpha value is -3.57. The first-order chi connectivity index (χ1) is 19.5. The maximum atomic E-state index is 12.9. The van der Waals surface area contributed by atoms with Gasteiger partial charge in [0.05, 0.1) is 22.0 Å². The summed E-state index contributed by atoms with van der Waals surface area (Å²) in [5, 5.41) is 18.2. The average Bonchev–Trinajstić information content (AvgIpc) is 2.95. The summed E-state index contributed by atoms with van der Waals surface area (Å²) in [4.78, 5) is 8.90. The van der Waals surface area contributed by atoms with Gasteiger partial charge in [-0.05, 0) is 85.7 Å². The van der Waals surface area contributed by atoms with Crippen molar-refractivity contribution in [3.05, 3.63) is 77.9 Å². The van der Waals surface area contributed by atoms with E-state index < -0.39 is 22.5 Å². The van der Waals surface area contributed by atoms with Crippen molar-refractivity contribution in [1.29, 1.82) is 0 Å². The summed E-state index contributed by atoms with van der Waals surface area (Å²) in [6.07, 6.45) is 1.37. The molecule has 3 aromatic rings. The van der Waals surface area contributed by atoms with E-state index in [1.807, 2.05) is 18.2 Å². The molecule has 218 valence electrons. The number of piperidine rings is 1. The van der Waals surface area contributed by atoms with Crippen molar-refractivity contribution in [3.63, 3.8) is 0 Å². The summed E-state index contributed by atoms with van der Waals surface area (Å²) in [6, 6.07) is 20.0. The first kappa shape index (κ1) is 28.9. The Morgan fingerprint density at radius 1 is 0.951 bits per heavy atom. The topological polar surface area (TPSA) is 108 Å². The molecule has 6 rings (SSSR count). The molecule has 2 fully saturated rings. The molecule has 41 heavy (non-hydrogen) atoms. The van der Waals surface area contributed by atoms with E-state index in [1.165, 1.54) is 36.8 Å². The number of carbonyl (C=O) groups excluding carboxylic acids is 1. The van der Waals surface area contributed by atoms with Gasteiger partial charge in [-0.3, -0.25) is 9.52 Å². The van der Waals surface area contributed by atoms with E-state index in [9.17, 15) is 26.7 Å². The smallest absolute Gasteiger partial charge is 0.446 e. The number of carbonyl (C=O) groups is 1. The average molecular weight is 588 g/mol. The van der Waals surface area contributed by atoms with Gasteiger partial charge in [0.15, 0.2) is 0 Å². The molecule has 0 aromatic heterocycles. The van der Waals surface area contributed by atoms with E-state index in [0.717, 1.165) is 19.4 Å². The van der Waals surface area contributed by atoms with Crippen LogP contribution in [0.5, 0.6) is 5.75 Å². The van der Waals surface area contributed by atoms with E-state index >= 15 is 0 Å². The fourth-order valence-electron chi connectivity index (χ4n) is 6.70. The summed E-state index contributed by atoms with van der Waals surface area (Å²) in [5.74, 6) is 0.851. The number of aldehydes is 1. The Morgan fingerprint density at radius 2 is 1.63 bits per heavy atom. The van der Waals surface area contributed by atoms with E-state index in [1.54, 1.807) is 42.5 Å². The molecule has 0 spiro atoms. The third kappa shape index (κ3) is 6.06. The van der Waals surface area contributed by atoms with Crippen LogP contribution in [0.2, 0.25) is 0 Å². The molecule has 2 bridgehead atoms. The molecule has 11 heteroatoms. The van der Waals surface area contributed by atoms with Gasteiger partial charge in [0.2, 0.25) is 6.29 Å². The second kappa shape index (κ2) is 11.4. The Kier molecular flexibility index (Phi) is 8.02. The number of hydrogen-bond acceptors (Lipinski definition) is 6. The molecule has 0 radical (unpaired) electrons. The van der Waals surface area contributed by atoms with Crippen LogP contribution in [-0.4, -0.2) is 38.6 Å². The zero-order chi connectivity index (χ0) is 29.3. The van der Waals surface area contributed by atoms with E-state index in [2.05, 4.69) is 21.4 Å². The number of phenolic OH excluding ortho intramolecular Hbond substituents is 1. The normalized spacial score (nSPS) is 23.2. The number of hydrogen-bond donors (Lipinski definition) is 4. The fraction of sp³-hybridized carbons (Fsp3) is 0.367. The molecule has 1 aliphatic heterocycles. The van der Waals surface area contributed by atoms with Crippen LogP contribution in [0.25, 0.3) is 0 Å². The van der Waals surface area contributed by atoms with Gasteiger partial charge < -0.3 is 15.7 Å². The number of phenols is 1. The van der Waals surface area contributed by atoms with Crippen molar-refractivity contribution in [3.8, 4) is 5.75 Å². The molecule has 3 atom stereocenters. The van der Waals surface area contributed by atoms with Gasteiger partial charge in [0, 0.05) is 11.5 Å². The fourth-order valence-corrected chi connectivity index (χ4v) is 7.80. The number of sulfonamides is 1. The van der Waals surface area contributed by atoms with Crippen LogP contribution >= 0.6 is 0 Å². The van der Waals surface area contributed by atoms with Crippen LogP contribution in [0.4, 0.5) is 30.2 Å². The van der Waals surface area contributed by atoms with Crippen LogP contribution in [0.1, 0.15) is 43.2 Å². The second-order valence-corrected chi connectivity index (χ2v) is 12.5. The number of para-hydroxylation sites is 2. The van der Waals surface area contributed by atoms with Crippen molar-refractivity contribution in [1.82, 2.24) is 5.32 Å². The minimum atomic E-state index is -4.64. The van der Waals surface area contributed by atoms with Crippen LogP contribution in [0.3, 0.4) is 0 Å². The number of alkyl halides is 3. The SMILES string of the molecule is O=CC(F)(F)F.O=S(=O)(Nc1ccccc1Nc1cc2c(cc1O)[C@]13CCCC[C@@H]1[C@H](C2)NCC3)c1ccccc1. The predicted octanol–water partition coefficient (Wildman–Crippen LogP) is 6.03. The van der Waals surface area contributed by atoms with Gasteiger partial charge in [0.1, 0.15) is 5.75 Å². The van der Waals surface area contributed by atoms with Crippen LogP contribution in [-0.2, 0) is 26.7 Å². The van der Waals surface area contributed by atoms with Crippen molar-refractivity contribution in [2.45, 2.75) is 61.1 Å². The van der Waals surface area contributed by atoms with Crippen molar-refractivity contribution in [2.24, 2.45) is 5.92 Å². The first-order valence-electron chi connectivity index (χ1n) is 13.6. The largest absolute Gasteiger partial charge is 0.506 e. The van der Waals surface area contributed by atoms with Crippen LogP contribution < -0.4 is 15.4 Å². The van der Waals surface area contributed by atoms with Crippen molar-refractivity contribution < 1.29 is 31.5 Å². The highest BCUT2D eigenvalue weighted by molar-refractivity contribution is 7.92. The van der Waals surface area contributed by atoms with Gasteiger partial charge in [-0.1, -0.05) is 43.2 Å². The lowest BCUT2D eigenvalue weighted by Crippen LogP contribution is -2.59. The van der Waals surface area contributed by atoms with E-state index in [-0.39, 0.29) is 16.1 Å². The second-order valence-electron chi connectivity index (χ2n) is 10.8. The quantitative estimate of drug-likeness (QED) is 0.215. The molecule has 1 saturated carbocycles. The maximum absolute atomic E-state index is 12.9. The third-order valence-electron chi connectivity index (χ3n) is 8.39. The molecule has 4 N–H and O–H groups in total. The lowest BCUT2D eigenvalue weighted by atomic mass is 9.53. The highest BCUT2D eigenvalue weighted by Crippen LogP contribution is 2.55. The predicted molar refractivity (Wildman–Crippen MR) is 151 cm³/mol. The molecule has 0 unspecified atom stereocenters. The number of benzene rings is 3. The van der Waals surface area contributed by atoms with Gasteiger partial charge in [-0.15, -0.1) is 0 Å². The molecule has 0 amide bonds. The number of anilines is 3. The number of halogens is 3. The van der Waals surface area contributed by atoms with E-state index in [0.29, 0.717) is 29.0 Å². The Morgan fingerprint density at radius 3 is 2.34 bits per heavy atom. The molecule has 2 aliphatic carbocycles. The summed E-state index contributed by atoms with van der Waals surface area (Å²) in [5.41, 5.74) is 4.38. The van der Waals surface area contributed by atoms with Gasteiger partial charge >= 0.3 is 6.18 Å². The molecular formula is C30H32F3N3O4S. The first-order valence-corrected chi connectivity index (χ1v) is 15.1. The summed E-state index contributed by atoms with van der Waals surface area (Å²) in [7, 11) is -3.74. The van der Waals surface area contributed by atoms with Gasteiger partial charge in [-0.25, -0.2) is 8.42 Å².